The minimum absolute atomic E-state index is 0.275. The minimum Gasteiger partial charge on any atom is -0.290 e. The van der Waals surface area contributed by atoms with Crippen LogP contribution in [0.25, 0.3) is 0 Å². The van der Waals surface area contributed by atoms with E-state index >= 15 is 0 Å². The van der Waals surface area contributed by atoms with Gasteiger partial charge >= 0.3 is 6.18 Å². The Hall–Kier alpha value is -1.63. The van der Waals surface area contributed by atoms with Crippen molar-refractivity contribution < 1.29 is 22.4 Å². The van der Waals surface area contributed by atoms with Gasteiger partial charge in [-0.15, -0.1) is 0 Å². The first-order valence-electron chi connectivity index (χ1n) is 3.74. The lowest BCUT2D eigenvalue weighted by Crippen LogP contribution is -2.30. The highest BCUT2D eigenvalue weighted by atomic mass is 19.4. The molecule has 0 spiro atoms. The lowest BCUT2D eigenvalue weighted by molar-refractivity contribution is -0.140. The molecule has 1 rings (SSSR count). The normalized spacial score (nSPS) is 11.3. The standard InChI is InChI=1S/C8H6F4N2O/c9-6-3-4(7(15)14-13)1-2-5(6)8(10,11)12/h1-3H,13H2,(H,14,15). The summed E-state index contributed by atoms with van der Waals surface area (Å²) in [5, 5.41) is 0. The number of halogens is 4. The summed E-state index contributed by atoms with van der Waals surface area (Å²) in [4.78, 5) is 10.8. The fourth-order valence-electron chi connectivity index (χ4n) is 0.970. The van der Waals surface area contributed by atoms with Gasteiger partial charge in [0.1, 0.15) is 5.82 Å². The van der Waals surface area contributed by atoms with Crippen molar-refractivity contribution in [2.75, 3.05) is 0 Å². The molecular weight excluding hydrogens is 216 g/mol. The number of carbonyl (C=O) groups is 1. The van der Waals surface area contributed by atoms with E-state index in [1.807, 2.05) is 0 Å². The zero-order chi connectivity index (χ0) is 11.6. The first-order valence-corrected chi connectivity index (χ1v) is 3.74. The van der Waals surface area contributed by atoms with Crippen LogP contribution in [0.3, 0.4) is 0 Å². The van der Waals surface area contributed by atoms with Crippen LogP contribution in [0.2, 0.25) is 0 Å². The molecule has 0 aliphatic carbocycles. The van der Waals surface area contributed by atoms with Crippen LogP contribution in [0.15, 0.2) is 18.2 Å². The van der Waals surface area contributed by atoms with Crippen molar-refractivity contribution >= 4 is 5.91 Å². The van der Waals surface area contributed by atoms with Crippen LogP contribution < -0.4 is 11.3 Å². The number of nitrogens with two attached hydrogens (primary N) is 1. The van der Waals surface area contributed by atoms with Crippen molar-refractivity contribution in [3.05, 3.63) is 35.1 Å². The van der Waals surface area contributed by atoms with E-state index in [0.717, 1.165) is 6.07 Å². The topological polar surface area (TPSA) is 55.1 Å². The van der Waals surface area contributed by atoms with E-state index in [1.54, 1.807) is 5.43 Å². The highest BCUT2D eigenvalue weighted by Crippen LogP contribution is 2.31. The predicted molar refractivity (Wildman–Crippen MR) is 43.1 cm³/mol. The maximum Gasteiger partial charge on any atom is 0.419 e. The smallest absolute Gasteiger partial charge is 0.290 e. The molecule has 3 nitrogen and oxygen atoms in total. The van der Waals surface area contributed by atoms with Crippen LogP contribution in [0.4, 0.5) is 17.6 Å². The molecule has 7 heteroatoms. The third-order valence-electron chi connectivity index (χ3n) is 1.67. The lowest BCUT2D eigenvalue weighted by Gasteiger charge is -2.08. The number of hydrogen-bond donors (Lipinski definition) is 2. The molecule has 15 heavy (non-hydrogen) atoms. The molecule has 0 aromatic heterocycles. The molecule has 0 radical (unpaired) electrons. The number of hydrazine groups is 1. The van der Waals surface area contributed by atoms with E-state index in [0.29, 0.717) is 12.1 Å². The van der Waals surface area contributed by atoms with Crippen LogP contribution in [0.1, 0.15) is 15.9 Å². The van der Waals surface area contributed by atoms with Crippen molar-refractivity contribution in [3.8, 4) is 0 Å². The molecule has 1 aromatic rings. The Kier molecular flexibility index (Phi) is 2.94. The van der Waals surface area contributed by atoms with Gasteiger partial charge in [-0.1, -0.05) is 0 Å². The second kappa shape index (κ2) is 3.85. The summed E-state index contributed by atoms with van der Waals surface area (Å²) in [6.45, 7) is 0. The Morgan fingerprint density at radius 3 is 2.33 bits per heavy atom. The molecule has 0 bridgehead atoms. The van der Waals surface area contributed by atoms with Crippen LogP contribution >= 0.6 is 0 Å². The molecule has 0 aliphatic rings. The van der Waals surface area contributed by atoms with Crippen LogP contribution in [0.5, 0.6) is 0 Å². The molecule has 0 unspecified atom stereocenters. The summed E-state index contributed by atoms with van der Waals surface area (Å²) in [5.74, 6) is 2.36. The summed E-state index contributed by atoms with van der Waals surface area (Å²) < 4.78 is 49.2. The molecule has 0 atom stereocenters. The fraction of sp³-hybridized carbons (Fsp3) is 0.125. The average molecular weight is 222 g/mol. The van der Waals surface area contributed by atoms with Crippen LogP contribution in [0, 0.1) is 5.82 Å². The van der Waals surface area contributed by atoms with Crippen molar-refractivity contribution in [1.82, 2.24) is 5.43 Å². The van der Waals surface area contributed by atoms with Gasteiger partial charge < -0.3 is 0 Å². The highest BCUT2D eigenvalue weighted by Gasteiger charge is 2.34. The van der Waals surface area contributed by atoms with Gasteiger partial charge in [-0.05, 0) is 18.2 Å². The fourth-order valence-corrected chi connectivity index (χ4v) is 0.970. The van der Waals surface area contributed by atoms with E-state index in [2.05, 4.69) is 0 Å². The van der Waals surface area contributed by atoms with Gasteiger partial charge in [-0.2, -0.15) is 13.2 Å². The SMILES string of the molecule is NNC(=O)c1ccc(C(F)(F)F)c(F)c1. The zero-order valence-corrected chi connectivity index (χ0v) is 7.23. The second-order valence-electron chi connectivity index (χ2n) is 2.67. The van der Waals surface area contributed by atoms with Gasteiger partial charge in [0.05, 0.1) is 5.56 Å². The number of nitrogen functional groups attached to an aromatic ring is 1. The minimum atomic E-state index is -4.78. The van der Waals surface area contributed by atoms with Crippen molar-refractivity contribution in [2.24, 2.45) is 5.84 Å². The second-order valence-corrected chi connectivity index (χ2v) is 2.67. The average Bonchev–Trinajstić information content (AvgIpc) is 2.14. The number of rotatable bonds is 1. The van der Waals surface area contributed by atoms with E-state index in [1.165, 1.54) is 0 Å². The summed E-state index contributed by atoms with van der Waals surface area (Å²) in [6, 6.07) is 1.80. The Morgan fingerprint density at radius 2 is 1.93 bits per heavy atom. The molecule has 1 aromatic carbocycles. The van der Waals surface area contributed by atoms with Crippen molar-refractivity contribution in [1.29, 1.82) is 0 Å². The third-order valence-corrected chi connectivity index (χ3v) is 1.67. The number of nitrogens with one attached hydrogen (secondary N) is 1. The molecule has 82 valence electrons. The maximum atomic E-state index is 12.9. The number of hydrogen-bond acceptors (Lipinski definition) is 2. The van der Waals surface area contributed by atoms with Gasteiger partial charge in [-0.3, -0.25) is 10.2 Å². The van der Waals surface area contributed by atoms with Crippen LogP contribution in [-0.4, -0.2) is 5.91 Å². The predicted octanol–water partition coefficient (Wildman–Crippen LogP) is 1.45. The van der Waals surface area contributed by atoms with Crippen molar-refractivity contribution in [3.63, 3.8) is 0 Å². The molecule has 0 saturated carbocycles. The molecular formula is C8H6F4N2O. The third kappa shape index (κ3) is 2.44. The summed E-state index contributed by atoms with van der Waals surface area (Å²) in [6.07, 6.45) is -4.78. The van der Waals surface area contributed by atoms with E-state index in [9.17, 15) is 22.4 Å². The van der Waals surface area contributed by atoms with Gasteiger partial charge in [0.2, 0.25) is 0 Å². The Bertz CT molecular complexity index is 389. The largest absolute Gasteiger partial charge is 0.419 e. The van der Waals surface area contributed by atoms with Gasteiger partial charge in [-0.25, -0.2) is 10.2 Å². The zero-order valence-electron chi connectivity index (χ0n) is 7.23. The summed E-state index contributed by atoms with van der Waals surface area (Å²) in [7, 11) is 0. The number of alkyl halides is 3. The molecule has 0 aliphatic heterocycles. The monoisotopic (exact) mass is 222 g/mol. The molecule has 0 saturated heterocycles. The molecule has 3 N–H and O–H groups in total. The maximum absolute atomic E-state index is 12.9. The quantitative estimate of drug-likeness (QED) is 0.327. The summed E-state index contributed by atoms with van der Waals surface area (Å²) >= 11 is 0. The van der Waals surface area contributed by atoms with E-state index in [-0.39, 0.29) is 5.56 Å². The highest BCUT2D eigenvalue weighted by molar-refractivity contribution is 5.93. The van der Waals surface area contributed by atoms with Crippen molar-refractivity contribution in [2.45, 2.75) is 6.18 Å². The van der Waals surface area contributed by atoms with E-state index in [4.69, 9.17) is 5.84 Å². The van der Waals surface area contributed by atoms with Gasteiger partial charge in [0.15, 0.2) is 0 Å². The Labute approximate surface area is 81.8 Å². The first kappa shape index (κ1) is 11.4. The lowest BCUT2D eigenvalue weighted by atomic mass is 10.1. The van der Waals surface area contributed by atoms with Crippen LogP contribution in [-0.2, 0) is 6.18 Å². The molecule has 0 heterocycles. The Balaban J connectivity index is 3.15. The van der Waals surface area contributed by atoms with Gasteiger partial charge in [0.25, 0.3) is 5.91 Å². The molecule has 0 fully saturated rings. The first-order chi connectivity index (χ1) is 6.86. The van der Waals surface area contributed by atoms with Gasteiger partial charge in [0, 0.05) is 5.56 Å². The van der Waals surface area contributed by atoms with E-state index < -0.39 is 23.5 Å². The number of benzene rings is 1. The number of amides is 1. The Morgan fingerprint density at radius 1 is 1.33 bits per heavy atom. The summed E-state index contributed by atoms with van der Waals surface area (Å²) in [5.41, 5.74) is -0.0155. The number of carbonyl (C=O) groups excluding carboxylic acids is 1. The molecule has 1 amide bonds.